The summed E-state index contributed by atoms with van der Waals surface area (Å²) in [6, 6.07) is 6.02. The minimum absolute atomic E-state index is 0.106. The van der Waals surface area contributed by atoms with Crippen molar-refractivity contribution in [2.75, 3.05) is 11.5 Å². The maximum absolute atomic E-state index is 10.9. The number of hydrogen-bond acceptors (Lipinski definition) is 4. The van der Waals surface area contributed by atoms with E-state index in [1.54, 1.807) is 11.8 Å². The van der Waals surface area contributed by atoms with Crippen molar-refractivity contribution in [1.29, 1.82) is 0 Å². The van der Waals surface area contributed by atoms with E-state index >= 15 is 0 Å². The Morgan fingerprint density at radius 2 is 2.18 bits per heavy atom. The standard InChI is InChI=1S/C12H19N3OS/c1-9-5-6-10(13)11(8-9)17-7-3-2-4-12(16)15-14/h5-6,8H,2-4,7,13-14H2,1H3,(H,15,16). The maximum Gasteiger partial charge on any atom is 0.233 e. The zero-order valence-corrected chi connectivity index (χ0v) is 10.8. The topological polar surface area (TPSA) is 81.1 Å². The van der Waals surface area contributed by atoms with Gasteiger partial charge in [0.25, 0.3) is 0 Å². The largest absolute Gasteiger partial charge is 0.398 e. The van der Waals surface area contributed by atoms with E-state index in [0.29, 0.717) is 6.42 Å². The van der Waals surface area contributed by atoms with Crippen molar-refractivity contribution in [3.8, 4) is 0 Å². The molecule has 0 aliphatic rings. The minimum atomic E-state index is -0.106. The fraction of sp³-hybridized carbons (Fsp3) is 0.417. The predicted octanol–water partition coefficient (Wildman–Crippen LogP) is 1.83. The second-order valence-electron chi connectivity index (χ2n) is 3.91. The summed E-state index contributed by atoms with van der Waals surface area (Å²) < 4.78 is 0. The summed E-state index contributed by atoms with van der Waals surface area (Å²) in [5, 5.41) is 0. The van der Waals surface area contributed by atoms with Crippen molar-refractivity contribution in [2.45, 2.75) is 31.1 Å². The third-order valence-electron chi connectivity index (χ3n) is 2.39. The number of hydrogen-bond donors (Lipinski definition) is 3. The third-order valence-corrected chi connectivity index (χ3v) is 3.54. The summed E-state index contributed by atoms with van der Waals surface area (Å²) in [6.45, 7) is 2.05. The van der Waals surface area contributed by atoms with Crippen molar-refractivity contribution < 1.29 is 4.79 Å². The Hall–Kier alpha value is -1.20. The lowest BCUT2D eigenvalue weighted by Gasteiger charge is -2.06. The Morgan fingerprint density at radius 1 is 1.41 bits per heavy atom. The van der Waals surface area contributed by atoms with E-state index in [-0.39, 0.29) is 5.91 Å². The van der Waals surface area contributed by atoms with E-state index in [0.717, 1.165) is 29.2 Å². The summed E-state index contributed by atoms with van der Waals surface area (Å²) >= 11 is 1.73. The summed E-state index contributed by atoms with van der Waals surface area (Å²) in [7, 11) is 0. The molecule has 1 aromatic rings. The van der Waals surface area contributed by atoms with Crippen LogP contribution in [0.3, 0.4) is 0 Å². The molecule has 5 heteroatoms. The number of carbonyl (C=O) groups excluding carboxylic acids is 1. The molecule has 0 heterocycles. The molecule has 0 aliphatic heterocycles. The molecule has 17 heavy (non-hydrogen) atoms. The third kappa shape index (κ3) is 5.10. The van der Waals surface area contributed by atoms with Gasteiger partial charge >= 0.3 is 0 Å². The first-order valence-electron chi connectivity index (χ1n) is 5.62. The highest BCUT2D eigenvalue weighted by Crippen LogP contribution is 2.26. The van der Waals surface area contributed by atoms with Gasteiger partial charge in [0.2, 0.25) is 5.91 Å². The molecule has 0 aromatic heterocycles. The van der Waals surface area contributed by atoms with Crippen LogP contribution in [0, 0.1) is 6.92 Å². The van der Waals surface area contributed by atoms with E-state index in [1.807, 2.05) is 12.1 Å². The monoisotopic (exact) mass is 253 g/mol. The molecule has 4 nitrogen and oxygen atoms in total. The molecule has 0 saturated carbocycles. The van der Waals surface area contributed by atoms with E-state index in [4.69, 9.17) is 11.6 Å². The van der Waals surface area contributed by atoms with Crippen LogP contribution in [0.2, 0.25) is 0 Å². The highest BCUT2D eigenvalue weighted by molar-refractivity contribution is 7.99. The van der Waals surface area contributed by atoms with Crippen molar-refractivity contribution in [3.63, 3.8) is 0 Å². The Morgan fingerprint density at radius 3 is 2.88 bits per heavy atom. The summed E-state index contributed by atoms with van der Waals surface area (Å²) in [5.41, 5.74) is 10.0. The van der Waals surface area contributed by atoms with Gasteiger partial charge in [0.15, 0.2) is 0 Å². The van der Waals surface area contributed by atoms with Gasteiger partial charge in [-0.1, -0.05) is 6.07 Å². The maximum atomic E-state index is 10.9. The molecule has 1 rings (SSSR count). The molecule has 94 valence electrons. The van der Waals surface area contributed by atoms with Crippen LogP contribution in [0.1, 0.15) is 24.8 Å². The second kappa shape index (κ2) is 7.19. The molecular weight excluding hydrogens is 234 g/mol. The van der Waals surface area contributed by atoms with Gasteiger partial charge in [-0.3, -0.25) is 10.2 Å². The fourth-order valence-corrected chi connectivity index (χ4v) is 2.48. The highest BCUT2D eigenvalue weighted by Gasteiger charge is 2.01. The number of aryl methyl sites for hydroxylation is 1. The Bertz CT molecular complexity index is 382. The normalized spacial score (nSPS) is 10.2. The van der Waals surface area contributed by atoms with E-state index in [1.165, 1.54) is 5.56 Å². The molecule has 0 atom stereocenters. The van der Waals surface area contributed by atoms with Crippen molar-refractivity contribution in [3.05, 3.63) is 23.8 Å². The van der Waals surface area contributed by atoms with Gasteiger partial charge in [0.05, 0.1) is 0 Å². The zero-order chi connectivity index (χ0) is 12.7. The van der Waals surface area contributed by atoms with Crippen LogP contribution in [0.25, 0.3) is 0 Å². The molecular formula is C12H19N3OS. The lowest BCUT2D eigenvalue weighted by Crippen LogP contribution is -2.29. The Labute approximate surface area is 106 Å². The first-order chi connectivity index (χ1) is 8.13. The van der Waals surface area contributed by atoms with Crippen LogP contribution >= 0.6 is 11.8 Å². The van der Waals surface area contributed by atoms with Gasteiger partial charge < -0.3 is 5.73 Å². The molecule has 0 unspecified atom stereocenters. The molecule has 0 saturated heterocycles. The molecule has 5 N–H and O–H groups in total. The van der Waals surface area contributed by atoms with Crippen LogP contribution in [-0.4, -0.2) is 11.7 Å². The molecule has 0 radical (unpaired) electrons. The molecule has 0 bridgehead atoms. The lowest BCUT2D eigenvalue weighted by molar-refractivity contribution is -0.121. The van der Waals surface area contributed by atoms with Crippen molar-refractivity contribution in [1.82, 2.24) is 5.43 Å². The van der Waals surface area contributed by atoms with Gasteiger partial charge in [0, 0.05) is 17.0 Å². The summed E-state index contributed by atoms with van der Waals surface area (Å²) in [5.74, 6) is 5.85. The van der Waals surface area contributed by atoms with Crippen molar-refractivity contribution in [2.24, 2.45) is 5.84 Å². The van der Waals surface area contributed by atoms with Crippen LogP contribution in [-0.2, 0) is 4.79 Å². The number of anilines is 1. The number of nitrogens with two attached hydrogens (primary N) is 2. The Kier molecular flexibility index (Phi) is 5.86. The van der Waals surface area contributed by atoms with Crippen LogP contribution in [0.15, 0.2) is 23.1 Å². The fourth-order valence-electron chi connectivity index (χ4n) is 1.41. The number of benzene rings is 1. The van der Waals surface area contributed by atoms with Gasteiger partial charge in [0.1, 0.15) is 0 Å². The van der Waals surface area contributed by atoms with Gasteiger partial charge in [-0.2, -0.15) is 0 Å². The highest BCUT2D eigenvalue weighted by atomic mass is 32.2. The smallest absolute Gasteiger partial charge is 0.233 e. The number of hydrazine groups is 1. The van der Waals surface area contributed by atoms with E-state index in [2.05, 4.69) is 18.4 Å². The van der Waals surface area contributed by atoms with Gasteiger partial charge in [-0.05, 0) is 43.2 Å². The molecule has 0 aliphatic carbocycles. The Balaban J connectivity index is 2.26. The van der Waals surface area contributed by atoms with Crippen LogP contribution in [0.4, 0.5) is 5.69 Å². The number of nitrogen functional groups attached to an aromatic ring is 1. The van der Waals surface area contributed by atoms with Gasteiger partial charge in [-0.15, -0.1) is 11.8 Å². The number of amides is 1. The number of thioether (sulfide) groups is 1. The van der Waals surface area contributed by atoms with Crippen molar-refractivity contribution >= 4 is 23.4 Å². The lowest BCUT2D eigenvalue weighted by atomic mass is 10.2. The molecule has 1 amide bonds. The summed E-state index contributed by atoms with van der Waals surface area (Å²) in [6.07, 6.45) is 2.31. The molecule has 0 spiro atoms. The van der Waals surface area contributed by atoms with Gasteiger partial charge in [-0.25, -0.2) is 5.84 Å². The van der Waals surface area contributed by atoms with Crippen LogP contribution in [0.5, 0.6) is 0 Å². The first-order valence-corrected chi connectivity index (χ1v) is 6.60. The number of nitrogens with one attached hydrogen (secondary N) is 1. The predicted molar refractivity (Wildman–Crippen MR) is 72.5 cm³/mol. The number of unbranched alkanes of at least 4 members (excludes halogenated alkanes) is 1. The number of rotatable bonds is 6. The number of carbonyl (C=O) groups is 1. The first kappa shape index (κ1) is 13.9. The molecule has 0 fully saturated rings. The molecule has 1 aromatic carbocycles. The zero-order valence-electron chi connectivity index (χ0n) is 10.0. The second-order valence-corrected chi connectivity index (χ2v) is 5.05. The SMILES string of the molecule is Cc1ccc(N)c(SCCCCC(=O)NN)c1. The average Bonchev–Trinajstić information content (AvgIpc) is 2.32. The average molecular weight is 253 g/mol. The minimum Gasteiger partial charge on any atom is -0.398 e. The van der Waals surface area contributed by atoms with E-state index in [9.17, 15) is 4.79 Å². The van der Waals surface area contributed by atoms with Crippen LogP contribution < -0.4 is 17.0 Å². The quantitative estimate of drug-likeness (QED) is 0.180. The summed E-state index contributed by atoms with van der Waals surface area (Å²) in [4.78, 5) is 12.0. The van der Waals surface area contributed by atoms with E-state index < -0.39 is 0 Å².